The summed E-state index contributed by atoms with van der Waals surface area (Å²) in [5, 5.41) is 7.97. The summed E-state index contributed by atoms with van der Waals surface area (Å²) < 4.78 is 2.12. The largest absolute Gasteiger partial charge is 0.308 e. The highest BCUT2D eigenvalue weighted by Gasteiger charge is 2.16. The molecule has 0 saturated carbocycles. The van der Waals surface area contributed by atoms with Gasteiger partial charge < -0.3 is 5.32 Å². The quantitative estimate of drug-likeness (QED) is 0.723. The fraction of sp³-hybridized carbons (Fsp3) is 0.769. The van der Waals surface area contributed by atoms with Crippen LogP contribution in [-0.2, 0) is 0 Å². The molecular formula is C13H25N3S. The molecule has 0 aliphatic rings. The Labute approximate surface area is 109 Å². The molecule has 1 heterocycles. The van der Waals surface area contributed by atoms with Gasteiger partial charge in [0.15, 0.2) is 0 Å². The van der Waals surface area contributed by atoms with Crippen LogP contribution in [0.3, 0.4) is 0 Å². The molecule has 1 unspecified atom stereocenters. The summed E-state index contributed by atoms with van der Waals surface area (Å²) in [6.07, 6.45) is 3.15. The Bertz CT molecular complexity index is 309. The van der Waals surface area contributed by atoms with E-state index in [1.165, 1.54) is 17.9 Å². The van der Waals surface area contributed by atoms with Crippen LogP contribution >= 0.6 is 11.8 Å². The summed E-state index contributed by atoms with van der Waals surface area (Å²) in [4.78, 5) is 0. The van der Waals surface area contributed by atoms with E-state index in [1.54, 1.807) is 0 Å². The van der Waals surface area contributed by atoms with E-state index in [0.717, 1.165) is 12.3 Å². The maximum Gasteiger partial charge on any atom is 0.0583 e. The Morgan fingerprint density at radius 3 is 2.76 bits per heavy atom. The molecule has 0 aliphatic carbocycles. The molecule has 0 fully saturated rings. The minimum Gasteiger partial charge on any atom is -0.308 e. The third-order valence-corrected chi connectivity index (χ3v) is 3.90. The lowest BCUT2D eigenvalue weighted by Crippen LogP contribution is -2.26. The van der Waals surface area contributed by atoms with Crippen LogP contribution in [0, 0.1) is 0 Å². The van der Waals surface area contributed by atoms with Crippen molar-refractivity contribution in [1.82, 2.24) is 15.1 Å². The Morgan fingerprint density at radius 1 is 1.41 bits per heavy atom. The van der Waals surface area contributed by atoms with E-state index in [2.05, 4.69) is 48.9 Å². The lowest BCUT2D eigenvalue weighted by atomic mass is 10.2. The highest BCUT2D eigenvalue weighted by molar-refractivity contribution is 7.99. The molecule has 17 heavy (non-hydrogen) atoms. The van der Waals surface area contributed by atoms with Gasteiger partial charge in [0.25, 0.3) is 0 Å². The molecule has 1 rings (SSSR count). The van der Waals surface area contributed by atoms with Crippen molar-refractivity contribution in [2.24, 2.45) is 0 Å². The maximum absolute atomic E-state index is 4.41. The Morgan fingerprint density at radius 2 is 2.18 bits per heavy atom. The van der Waals surface area contributed by atoms with Crippen LogP contribution < -0.4 is 5.32 Å². The van der Waals surface area contributed by atoms with Crippen molar-refractivity contribution in [1.29, 1.82) is 0 Å². The molecule has 98 valence electrons. The first kappa shape index (κ1) is 14.6. The van der Waals surface area contributed by atoms with Gasteiger partial charge in [-0.25, -0.2) is 0 Å². The van der Waals surface area contributed by atoms with Crippen molar-refractivity contribution >= 4 is 11.8 Å². The van der Waals surface area contributed by atoms with Gasteiger partial charge in [-0.15, -0.1) is 0 Å². The van der Waals surface area contributed by atoms with Crippen LogP contribution in [0.15, 0.2) is 12.3 Å². The number of aromatic nitrogens is 2. The standard InChI is InChI=1S/C13H25N3S/c1-5-9-17-10-12(14-6-2)13-7-8-15-16(13)11(3)4/h7-8,11-12,14H,5-6,9-10H2,1-4H3. The average molecular weight is 255 g/mol. The monoisotopic (exact) mass is 255 g/mol. The molecule has 3 nitrogen and oxygen atoms in total. The minimum absolute atomic E-state index is 0.418. The zero-order chi connectivity index (χ0) is 12.7. The lowest BCUT2D eigenvalue weighted by Gasteiger charge is -2.20. The van der Waals surface area contributed by atoms with Crippen LogP contribution in [0.4, 0.5) is 0 Å². The van der Waals surface area contributed by atoms with Crippen LogP contribution in [0.1, 0.15) is 51.9 Å². The van der Waals surface area contributed by atoms with Crippen molar-refractivity contribution in [2.75, 3.05) is 18.1 Å². The van der Waals surface area contributed by atoms with Gasteiger partial charge in [0.2, 0.25) is 0 Å². The first-order chi connectivity index (χ1) is 8.20. The van der Waals surface area contributed by atoms with Crippen molar-refractivity contribution in [3.05, 3.63) is 18.0 Å². The topological polar surface area (TPSA) is 29.9 Å². The number of thioether (sulfide) groups is 1. The zero-order valence-corrected chi connectivity index (χ0v) is 12.3. The van der Waals surface area contributed by atoms with E-state index in [0.29, 0.717) is 12.1 Å². The van der Waals surface area contributed by atoms with Crippen molar-refractivity contribution in [3.63, 3.8) is 0 Å². The fourth-order valence-corrected chi connectivity index (χ4v) is 2.85. The molecule has 0 spiro atoms. The summed E-state index contributed by atoms with van der Waals surface area (Å²) in [6.45, 7) is 9.75. The Kier molecular flexibility index (Phi) is 6.66. The van der Waals surface area contributed by atoms with Crippen molar-refractivity contribution < 1.29 is 0 Å². The van der Waals surface area contributed by atoms with Crippen LogP contribution in [0.5, 0.6) is 0 Å². The molecule has 0 aliphatic heterocycles. The summed E-state index contributed by atoms with van der Waals surface area (Å²) in [7, 11) is 0. The molecule has 0 bridgehead atoms. The van der Waals surface area contributed by atoms with Crippen LogP contribution in [0.2, 0.25) is 0 Å². The SMILES string of the molecule is CCCSCC(NCC)c1ccnn1C(C)C. The third-order valence-electron chi connectivity index (χ3n) is 2.63. The van der Waals surface area contributed by atoms with Gasteiger partial charge in [-0.1, -0.05) is 13.8 Å². The van der Waals surface area contributed by atoms with Crippen LogP contribution in [0.25, 0.3) is 0 Å². The van der Waals surface area contributed by atoms with Gasteiger partial charge in [0.05, 0.1) is 11.7 Å². The van der Waals surface area contributed by atoms with Gasteiger partial charge >= 0.3 is 0 Å². The number of nitrogens with zero attached hydrogens (tertiary/aromatic N) is 2. The van der Waals surface area contributed by atoms with Crippen LogP contribution in [-0.4, -0.2) is 27.8 Å². The van der Waals surface area contributed by atoms with Gasteiger partial charge in [0.1, 0.15) is 0 Å². The highest BCUT2D eigenvalue weighted by Crippen LogP contribution is 2.21. The zero-order valence-electron chi connectivity index (χ0n) is 11.4. The predicted molar refractivity (Wildman–Crippen MR) is 76.6 cm³/mol. The van der Waals surface area contributed by atoms with E-state index in [4.69, 9.17) is 0 Å². The molecule has 0 saturated heterocycles. The first-order valence-corrected chi connectivity index (χ1v) is 7.70. The summed E-state index contributed by atoms with van der Waals surface area (Å²) >= 11 is 2.02. The number of hydrogen-bond acceptors (Lipinski definition) is 3. The molecule has 0 radical (unpaired) electrons. The second-order valence-electron chi connectivity index (χ2n) is 4.48. The molecular weight excluding hydrogens is 230 g/mol. The number of nitrogens with one attached hydrogen (secondary N) is 1. The Balaban J connectivity index is 2.70. The molecule has 1 N–H and O–H groups in total. The molecule has 0 amide bonds. The van der Waals surface area contributed by atoms with E-state index in [-0.39, 0.29) is 0 Å². The van der Waals surface area contributed by atoms with E-state index >= 15 is 0 Å². The lowest BCUT2D eigenvalue weighted by molar-refractivity contribution is 0.468. The molecule has 1 aromatic heterocycles. The predicted octanol–water partition coefficient (Wildman–Crippen LogP) is 3.26. The molecule has 1 atom stereocenters. The van der Waals surface area contributed by atoms with Gasteiger partial charge in [-0.3, -0.25) is 4.68 Å². The van der Waals surface area contributed by atoms with Gasteiger partial charge in [-0.2, -0.15) is 16.9 Å². The number of rotatable bonds is 8. The average Bonchev–Trinajstić information content (AvgIpc) is 2.77. The first-order valence-electron chi connectivity index (χ1n) is 6.55. The minimum atomic E-state index is 0.418. The maximum atomic E-state index is 4.41. The van der Waals surface area contributed by atoms with Crippen molar-refractivity contribution in [2.45, 2.75) is 46.2 Å². The Hall–Kier alpha value is -0.480. The summed E-state index contributed by atoms with van der Waals surface area (Å²) in [5.41, 5.74) is 1.31. The molecule has 0 aromatic carbocycles. The number of hydrogen-bond donors (Lipinski definition) is 1. The third kappa shape index (κ3) is 4.36. The highest BCUT2D eigenvalue weighted by atomic mass is 32.2. The molecule has 1 aromatic rings. The van der Waals surface area contributed by atoms with E-state index in [1.807, 2.05) is 18.0 Å². The normalized spacial score (nSPS) is 13.2. The fourth-order valence-electron chi connectivity index (χ4n) is 1.87. The second-order valence-corrected chi connectivity index (χ2v) is 5.63. The van der Waals surface area contributed by atoms with Gasteiger partial charge in [0, 0.05) is 18.0 Å². The smallest absolute Gasteiger partial charge is 0.0583 e. The summed E-state index contributed by atoms with van der Waals surface area (Å²) in [6, 6.07) is 2.98. The van der Waals surface area contributed by atoms with Crippen molar-refractivity contribution in [3.8, 4) is 0 Å². The summed E-state index contributed by atoms with van der Waals surface area (Å²) in [5.74, 6) is 2.36. The van der Waals surface area contributed by atoms with E-state index in [9.17, 15) is 0 Å². The molecule has 4 heteroatoms. The van der Waals surface area contributed by atoms with E-state index < -0.39 is 0 Å². The van der Waals surface area contributed by atoms with Gasteiger partial charge in [-0.05, 0) is 38.6 Å². The second kappa shape index (κ2) is 7.77.